The molecule has 0 saturated carbocycles. The molecule has 0 spiro atoms. The molecule has 1 aromatic heterocycles. The molecule has 1 aliphatic rings. The maximum Gasteiger partial charge on any atom is 0.407 e. The van der Waals surface area contributed by atoms with Crippen LogP contribution in [0.4, 0.5) is 9.18 Å². The Hall–Kier alpha value is -2.19. The van der Waals surface area contributed by atoms with Crippen LogP contribution >= 0.6 is 11.3 Å². The van der Waals surface area contributed by atoms with Crippen molar-refractivity contribution in [3.63, 3.8) is 0 Å². The molecule has 0 atom stereocenters. The number of carbonyl (C=O) groups is 2. The number of benzene rings is 1. The van der Waals surface area contributed by atoms with Gasteiger partial charge in [0.2, 0.25) is 0 Å². The van der Waals surface area contributed by atoms with Crippen LogP contribution in [0.3, 0.4) is 0 Å². The number of nitrogens with one attached hydrogen (secondary N) is 1. The van der Waals surface area contributed by atoms with Gasteiger partial charge in [0, 0.05) is 41.9 Å². The van der Waals surface area contributed by atoms with Gasteiger partial charge in [0.15, 0.2) is 0 Å². The van der Waals surface area contributed by atoms with E-state index in [0.717, 1.165) is 4.70 Å². The number of nitrogens with zero attached hydrogens (tertiary/aromatic N) is 1. The van der Waals surface area contributed by atoms with Gasteiger partial charge in [0.05, 0.1) is 11.5 Å². The Labute approximate surface area is 174 Å². The van der Waals surface area contributed by atoms with Crippen LogP contribution in [0, 0.1) is 5.82 Å². The van der Waals surface area contributed by atoms with Gasteiger partial charge in [-0.1, -0.05) is 6.07 Å². The van der Waals surface area contributed by atoms with Crippen LogP contribution in [0.5, 0.6) is 0 Å². The number of carbonyl (C=O) groups excluding carboxylic acids is 2. The van der Waals surface area contributed by atoms with Crippen molar-refractivity contribution in [2.75, 3.05) is 20.2 Å². The molecule has 158 valence electrons. The lowest BCUT2D eigenvalue weighted by atomic mass is 10.0. The number of piperidine rings is 1. The smallest absolute Gasteiger partial charge is 0.407 e. The van der Waals surface area contributed by atoms with Gasteiger partial charge in [-0.25, -0.2) is 9.18 Å². The molecule has 1 fully saturated rings. The summed E-state index contributed by atoms with van der Waals surface area (Å²) >= 11 is 1.30. The summed E-state index contributed by atoms with van der Waals surface area (Å²) < 4.78 is 25.6. The highest BCUT2D eigenvalue weighted by Gasteiger charge is 2.29. The van der Waals surface area contributed by atoms with E-state index >= 15 is 0 Å². The van der Waals surface area contributed by atoms with Crippen molar-refractivity contribution in [1.29, 1.82) is 0 Å². The van der Waals surface area contributed by atoms with Crippen molar-refractivity contribution in [2.24, 2.45) is 0 Å². The van der Waals surface area contributed by atoms with Gasteiger partial charge in [-0.3, -0.25) is 4.79 Å². The zero-order valence-electron chi connectivity index (χ0n) is 17.2. The zero-order chi connectivity index (χ0) is 21.2. The van der Waals surface area contributed by atoms with Gasteiger partial charge < -0.3 is 19.7 Å². The first-order valence-electron chi connectivity index (χ1n) is 9.67. The number of methoxy groups -OCH3 is 1. The average Bonchev–Trinajstić information content (AvgIpc) is 3.00. The number of amides is 2. The molecule has 2 heterocycles. The van der Waals surface area contributed by atoms with E-state index in [0.29, 0.717) is 41.8 Å². The maximum atomic E-state index is 14.4. The molecule has 1 aromatic carbocycles. The minimum absolute atomic E-state index is 0.0350. The Bertz CT molecular complexity index is 898. The van der Waals surface area contributed by atoms with Crippen LogP contribution in [0.15, 0.2) is 18.2 Å². The highest BCUT2D eigenvalue weighted by atomic mass is 32.1. The minimum Gasteiger partial charge on any atom is -0.444 e. The number of likely N-dealkylation sites (tertiary alicyclic amines) is 1. The Morgan fingerprint density at radius 3 is 2.59 bits per heavy atom. The van der Waals surface area contributed by atoms with Gasteiger partial charge in [0.1, 0.15) is 11.4 Å². The molecule has 6 nitrogen and oxygen atoms in total. The molecule has 2 amide bonds. The van der Waals surface area contributed by atoms with Crippen molar-refractivity contribution < 1.29 is 23.5 Å². The summed E-state index contributed by atoms with van der Waals surface area (Å²) in [6, 6.07) is 4.83. The van der Waals surface area contributed by atoms with E-state index in [2.05, 4.69) is 5.32 Å². The molecule has 8 heteroatoms. The number of rotatable bonds is 4. The van der Waals surface area contributed by atoms with Gasteiger partial charge in [-0.05, 0) is 45.7 Å². The molecule has 0 bridgehead atoms. The third-order valence-electron chi connectivity index (χ3n) is 4.75. The summed E-state index contributed by atoms with van der Waals surface area (Å²) in [7, 11) is 1.53. The second kappa shape index (κ2) is 8.67. The van der Waals surface area contributed by atoms with Gasteiger partial charge in [-0.15, -0.1) is 11.3 Å². The van der Waals surface area contributed by atoms with Crippen LogP contribution < -0.4 is 5.32 Å². The first kappa shape index (κ1) is 21.5. The maximum absolute atomic E-state index is 14.4. The minimum atomic E-state index is -0.547. The van der Waals surface area contributed by atoms with Crippen molar-refractivity contribution in [2.45, 2.75) is 51.9 Å². The van der Waals surface area contributed by atoms with E-state index in [4.69, 9.17) is 9.47 Å². The number of hydrogen-bond donors (Lipinski definition) is 1. The molecule has 1 aliphatic heterocycles. The molecular formula is C21H27FN2O4S. The van der Waals surface area contributed by atoms with E-state index < -0.39 is 11.7 Å². The number of thiophene rings is 1. The van der Waals surface area contributed by atoms with Gasteiger partial charge >= 0.3 is 6.09 Å². The van der Waals surface area contributed by atoms with Gasteiger partial charge in [-0.2, -0.15) is 0 Å². The Morgan fingerprint density at radius 2 is 1.97 bits per heavy atom. The van der Waals surface area contributed by atoms with Crippen LogP contribution in [0.1, 0.15) is 48.8 Å². The summed E-state index contributed by atoms with van der Waals surface area (Å²) in [5.74, 6) is -0.460. The van der Waals surface area contributed by atoms with Crippen molar-refractivity contribution in [3.05, 3.63) is 34.5 Å². The normalized spacial score (nSPS) is 15.6. The molecular weight excluding hydrogens is 395 g/mol. The zero-order valence-corrected chi connectivity index (χ0v) is 18.0. The second-order valence-corrected chi connectivity index (χ2v) is 9.22. The third kappa shape index (κ3) is 5.05. The topological polar surface area (TPSA) is 67.9 Å². The average molecular weight is 423 g/mol. The molecule has 0 aliphatic carbocycles. The molecule has 3 rings (SSSR count). The fraction of sp³-hybridized carbons (Fsp3) is 0.524. The van der Waals surface area contributed by atoms with E-state index in [9.17, 15) is 14.0 Å². The first-order chi connectivity index (χ1) is 13.7. The fourth-order valence-corrected chi connectivity index (χ4v) is 4.66. The number of alkyl carbamates (subject to hydrolysis) is 1. The standard InChI is InChI=1S/C21H27FN2O4S/c1-21(2,3)28-20(26)23-13-8-10-24(11-9-13)19(25)18-14(12-27-4)17-15(22)6-5-7-16(17)29-18/h5-7,13H,8-12H2,1-4H3,(H,23,26). The molecule has 1 saturated heterocycles. The number of ether oxygens (including phenoxy) is 2. The number of halogens is 1. The highest BCUT2D eigenvalue weighted by Crippen LogP contribution is 2.35. The third-order valence-corrected chi connectivity index (χ3v) is 5.93. The molecule has 29 heavy (non-hydrogen) atoms. The predicted octanol–water partition coefficient (Wildman–Crippen LogP) is 4.32. The SMILES string of the molecule is COCc1c(C(=O)N2CCC(NC(=O)OC(C)(C)C)CC2)sc2cccc(F)c12. The Balaban J connectivity index is 1.69. The Morgan fingerprint density at radius 1 is 1.28 bits per heavy atom. The van der Waals surface area contributed by atoms with E-state index in [1.165, 1.54) is 24.5 Å². The molecule has 0 unspecified atom stereocenters. The first-order valence-corrected chi connectivity index (χ1v) is 10.5. The van der Waals surface area contributed by atoms with Crippen LogP contribution in [0.2, 0.25) is 0 Å². The molecule has 0 radical (unpaired) electrons. The summed E-state index contributed by atoms with van der Waals surface area (Å²) in [4.78, 5) is 27.4. The summed E-state index contributed by atoms with van der Waals surface area (Å²) in [6.45, 7) is 6.67. The summed E-state index contributed by atoms with van der Waals surface area (Å²) in [5.41, 5.74) is 0.0548. The summed E-state index contributed by atoms with van der Waals surface area (Å²) in [6.07, 6.45) is 0.845. The molecule has 2 aromatic rings. The lowest BCUT2D eigenvalue weighted by Gasteiger charge is -2.32. The lowest BCUT2D eigenvalue weighted by molar-refractivity contribution is 0.0474. The highest BCUT2D eigenvalue weighted by molar-refractivity contribution is 7.21. The predicted molar refractivity (Wildman–Crippen MR) is 111 cm³/mol. The van der Waals surface area contributed by atoms with Crippen molar-refractivity contribution in [3.8, 4) is 0 Å². The molecule has 1 N–H and O–H groups in total. The number of hydrogen-bond acceptors (Lipinski definition) is 5. The summed E-state index contributed by atoms with van der Waals surface area (Å²) in [5, 5.41) is 3.33. The van der Waals surface area contributed by atoms with Crippen LogP contribution in [0.25, 0.3) is 10.1 Å². The number of fused-ring (bicyclic) bond motifs is 1. The fourth-order valence-electron chi connectivity index (χ4n) is 3.47. The van der Waals surface area contributed by atoms with Crippen LogP contribution in [-0.4, -0.2) is 48.7 Å². The second-order valence-electron chi connectivity index (χ2n) is 8.17. The van der Waals surface area contributed by atoms with Crippen molar-refractivity contribution in [1.82, 2.24) is 10.2 Å². The largest absolute Gasteiger partial charge is 0.444 e. The van der Waals surface area contributed by atoms with E-state index in [-0.39, 0.29) is 24.4 Å². The van der Waals surface area contributed by atoms with Gasteiger partial charge in [0.25, 0.3) is 5.91 Å². The van der Waals surface area contributed by atoms with Crippen LogP contribution in [-0.2, 0) is 16.1 Å². The van der Waals surface area contributed by atoms with E-state index in [1.807, 2.05) is 26.8 Å². The van der Waals surface area contributed by atoms with Crippen molar-refractivity contribution >= 4 is 33.4 Å². The lowest BCUT2D eigenvalue weighted by Crippen LogP contribution is -2.47. The quantitative estimate of drug-likeness (QED) is 0.797. The van der Waals surface area contributed by atoms with E-state index in [1.54, 1.807) is 11.0 Å². The monoisotopic (exact) mass is 422 g/mol. The Kier molecular flexibility index (Phi) is 6.43.